The Morgan fingerprint density at radius 1 is 1.00 bits per heavy atom. The highest BCUT2D eigenvalue weighted by atomic mass is 16.5. The van der Waals surface area contributed by atoms with Gasteiger partial charge in [0.15, 0.2) is 0 Å². The van der Waals surface area contributed by atoms with E-state index < -0.39 is 0 Å². The molecule has 0 spiro atoms. The van der Waals surface area contributed by atoms with Crippen molar-refractivity contribution in [1.29, 1.82) is 5.41 Å². The van der Waals surface area contributed by atoms with Crippen LogP contribution in [0.25, 0.3) is 12.2 Å². The van der Waals surface area contributed by atoms with Gasteiger partial charge in [0.1, 0.15) is 0 Å². The van der Waals surface area contributed by atoms with Crippen LogP contribution < -0.4 is 0 Å². The van der Waals surface area contributed by atoms with Crippen molar-refractivity contribution in [2.24, 2.45) is 0 Å². The zero-order chi connectivity index (χ0) is 13.5. The molecule has 0 aromatic heterocycles. The minimum atomic E-state index is 0.218. The smallest absolute Gasteiger partial charge is 0.213 e. The fourth-order valence-electron chi connectivity index (χ4n) is 1.82. The predicted octanol–water partition coefficient (Wildman–Crippen LogP) is 4.22. The van der Waals surface area contributed by atoms with E-state index in [1.54, 1.807) is 0 Å². The van der Waals surface area contributed by atoms with E-state index in [-0.39, 0.29) is 5.90 Å². The fraction of sp³-hybridized carbons (Fsp3) is 0.118. The van der Waals surface area contributed by atoms with Gasteiger partial charge < -0.3 is 4.74 Å². The highest BCUT2D eigenvalue weighted by Gasteiger charge is 2.05. The zero-order valence-electron chi connectivity index (χ0n) is 11.0. The zero-order valence-corrected chi connectivity index (χ0v) is 11.0. The standard InChI is InChI=1S/C17H17NO/c1-2-19-17(18)16-11-7-6-10-15(16)13-12-14-8-4-3-5-9-14/h3-13,18H,2H2,1H3. The highest BCUT2D eigenvalue weighted by Crippen LogP contribution is 2.14. The van der Waals surface area contributed by atoms with E-state index in [4.69, 9.17) is 10.1 Å². The van der Waals surface area contributed by atoms with Crippen LogP contribution in [0.5, 0.6) is 0 Å². The molecule has 2 aromatic rings. The van der Waals surface area contributed by atoms with Crippen LogP contribution in [0.4, 0.5) is 0 Å². The van der Waals surface area contributed by atoms with E-state index >= 15 is 0 Å². The molecule has 2 aromatic carbocycles. The van der Waals surface area contributed by atoms with Gasteiger partial charge in [-0.05, 0) is 24.1 Å². The number of benzene rings is 2. The molecule has 0 atom stereocenters. The molecule has 0 bridgehead atoms. The summed E-state index contributed by atoms with van der Waals surface area (Å²) in [7, 11) is 0. The Bertz CT molecular complexity index is 573. The quantitative estimate of drug-likeness (QED) is 0.492. The average Bonchev–Trinajstić information content (AvgIpc) is 2.47. The van der Waals surface area contributed by atoms with Crippen molar-refractivity contribution in [3.05, 3.63) is 71.3 Å². The van der Waals surface area contributed by atoms with E-state index in [1.165, 1.54) is 0 Å². The molecule has 0 unspecified atom stereocenters. The lowest BCUT2D eigenvalue weighted by Gasteiger charge is -2.07. The summed E-state index contributed by atoms with van der Waals surface area (Å²) in [6.07, 6.45) is 4.05. The van der Waals surface area contributed by atoms with E-state index in [9.17, 15) is 0 Å². The molecule has 0 saturated heterocycles. The third kappa shape index (κ3) is 3.55. The first-order chi connectivity index (χ1) is 9.31. The Labute approximate surface area is 113 Å². The van der Waals surface area contributed by atoms with Crippen molar-refractivity contribution in [1.82, 2.24) is 0 Å². The minimum Gasteiger partial charge on any atom is -0.478 e. The molecule has 1 N–H and O–H groups in total. The monoisotopic (exact) mass is 251 g/mol. The largest absolute Gasteiger partial charge is 0.478 e. The van der Waals surface area contributed by atoms with Crippen molar-refractivity contribution in [3.8, 4) is 0 Å². The van der Waals surface area contributed by atoms with Crippen LogP contribution >= 0.6 is 0 Å². The first-order valence-electron chi connectivity index (χ1n) is 6.35. The van der Waals surface area contributed by atoms with Gasteiger partial charge in [-0.2, -0.15) is 0 Å². The third-order valence-corrected chi connectivity index (χ3v) is 2.75. The molecule has 2 heteroatoms. The van der Waals surface area contributed by atoms with Gasteiger partial charge in [-0.1, -0.05) is 60.7 Å². The number of rotatable bonds is 4. The third-order valence-electron chi connectivity index (χ3n) is 2.75. The van der Waals surface area contributed by atoms with Gasteiger partial charge in [-0.15, -0.1) is 0 Å². The van der Waals surface area contributed by atoms with E-state index in [2.05, 4.69) is 0 Å². The van der Waals surface area contributed by atoms with E-state index in [0.717, 1.165) is 16.7 Å². The minimum absolute atomic E-state index is 0.218. The first kappa shape index (κ1) is 13.1. The van der Waals surface area contributed by atoms with E-state index in [0.29, 0.717) is 6.61 Å². The molecule has 0 aliphatic carbocycles. The molecular weight excluding hydrogens is 234 g/mol. The SMILES string of the molecule is CCOC(=N)c1ccccc1C=Cc1ccccc1. The summed E-state index contributed by atoms with van der Waals surface area (Å²) in [5.41, 5.74) is 2.95. The molecule has 0 aliphatic heterocycles. The molecular formula is C17H17NO. The van der Waals surface area contributed by atoms with Crippen LogP contribution in [0.2, 0.25) is 0 Å². The summed E-state index contributed by atoms with van der Waals surface area (Å²) in [5, 5.41) is 7.90. The summed E-state index contributed by atoms with van der Waals surface area (Å²) in [6.45, 7) is 2.40. The summed E-state index contributed by atoms with van der Waals surface area (Å²) in [6, 6.07) is 17.9. The lowest BCUT2D eigenvalue weighted by atomic mass is 10.1. The number of hydrogen-bond acceptors (Lipinski definition) is 2. The number of nitrogens with one attached hydrogen (secondary N) is 1. The molecule has 0 heterocycles. The van der Waals surface area contributed by atoms with Gasteiger partial charge in [-0.3, -0.25) is 5.41 Å². The van der Waals surface area contributed by atoms with Gasteiger partial charge >= 0.3 is 0 Å². The van der Waals surface area contributed by atoms with Crippen LogP contribution in [0.3, 0.4) is 0 Å². The molecule has 0 aliphatic rings. The van der Waals surface area contributed by atoms with Crippen molar-refractivity contribution in [2.45, 2.75) is 6.92 Å². The molecule has 0 fully saturated rings. The maximum atomic E-state index is 7.90. The Morgan fingerprint density at radius 3 is 2.42 bits per heavy atom. The number of hydrogen-bond donors (Lipinski definition) is 1. The van der Waals surface area contributed by atoms with Gasteiger partial charge in [0, 0.05) is 5.56 Å². The molecule has 0 saturated carbocycles. The maximum Gasteiger partial charge on any atom is 0.213 e. The van der Waals surface area contributed by atoms with Crippen LogP contribution in [-0.2, 0) is 4.74 Å². The molecule has 19 heavy (non-hydrogen) atoms. The fourth-order valence-corrected chi connectivity index (χ4v) is 1.82. The summed E-state index contributed by atoms with van der Waals surface area (Å²) >= 11 is 0. The molecule has 0 amide bonds. The molecule has 96 valence electrons. The van der Waals surface area contributed by atoms with Crippen LogP contribution in [0.15, 0.2) is 54.6 Å². The molecule has 2 nitrogen and oxygen atoms in total. The van der Waals surface area contributed by atoms with Gasteiger partial charge in [0.05, 0.1) is 6.61 Å². The van der Waals surface area contributed by atoms with Crippen LogP contribution in [-0.4, -0.2) is 12.5 Å². The second-order valence-electron chi connectivity index (χ2n) is 4.09. The predicted molar refractivity (Wildman–Crippen MR) is 80.3 cm³/mol. The lowest BCUT2D eigenvalue weighted by Crippen LogP contribution is -2.06. The summed E-state index contributed by atoms with van der Waals surface area (Å²) in [4.78, 5) is 0. The van der Waals surface area contributed by atoms with E-state index in [1.807, 2.05) is 73.7 Å². The first-order valence-corrected chi connectivity index (χ1v) is 6.35. The number of ether oxygens (including phenoxy) is 1. The van der Waals surface area contributed by atoms with Gasteiger partial charge in [0.2, 0.25) is 5.90 Å². The molecule has 2 rings (SSSR count). The second-order valence-corrected chi connectivity index (χ2v) is 4.09. The Hall–Kier alpha value is -2.35. The summed E-state index contributed by atoms with van der Waals surface area (Å²) in [5.74, 6) is 0.218. The van der Waals surface area contributed by atoms with Crippen molar-refractivity contribution < 1.29 is 4.74 Å². The average molecular weight is 251 g/mol. The van der Waals surface area contributed by atoms with Crippen molar-refractivity contribution >= 4 is 18.0 Å². The molecule has 0 radical (unpaired) electrons. The topological polar surface area (TPSA) is 33.1 Å². The van der Waals surface area contributed by atoms with Gasteiger partial charge in [0.25, 0.3) is 0 Å². The Balaban J connectivity index is 2.25. The van der Waals surface area contributed by atoms with Crippen molar-refractivity contribution in [2.75, 3.05) is 6.61 Å². The normalized spacial score (nSPS) is 10.6. The van der Waals surface area contributed by atoms with Crippen molar-refractivity contribution in [3.63, 3.8) is 0 Å². The summed E-state index contributed by atoms with van der Waals surface area (Å²) < 4.78 is 5.27. The van der Waals surface area contributed by atoms with Crippen LogP contribution in [0.1, 0.15) is 23.6 Å². The Morgan fingerprint density at radius 2 is 1.68 bits per heavy atom. The maximum absolute atomic E-state index is 7.90. The second kappa shape index (κ2) is 6.55. The van der Waals surface area contributed by atoms with Gasteiger partial charge in [-0.25, -0.2) is 0 Å². The Kier molecular flexibility index (Phi) is 4.51. The lowest BCUT2D eigenvalue weighted by molar-refractivity contribution is 0.325. The van der Waals surface area contributed by atoms with Crippen LogP contribution in [0, 0.1) is 5.41 Å². The highest BCUT2D eigenvalue weighted by molar-refractivity contribution is 5.96.